The molecule has 1 fully saturated rings. The van der Waals surface area contributed by atoms with Crippen LogP contribution in [0.1, 0.15) is 19.3 Å². The lowest BCUT2D eigenvalue weighted by molar-refractivity contribution is -0.122. The maximum absolute atomic E-state index is 11.5. The first-order valence-electron chi connectivity index (χ1n) is 5.97. The van der Waals surface area contributed by atoms with E-state index in [1.165, 1.54) is 0 Å². The van der Waals surface area contributed by atoms with Crippen LogP contribution in [-0.2, 0) is 4.79 Å². The van der Waals surface area contributed by atoms with Crippen LogP contribution in [0.4, 0.5) is 0 Å². The highest BCUT2D eigenvalue weighted by atomic mass is 16.5. The van der Waals surface area contributed by atoms with Crippen LogP contribution in [0, 0.1) is 0 Å². The Morgan fingerprint density at radius 3 is 2.71 bits per heavy atom. The van der Waals surface area contributed by atoms with Gasteiger partial charge in [0.2, 0.25) is 5.91 Å². The van der Waals surface area contributed by atoms with Crippen molar-refractivity contribution in [1.82, 2.24) is 5.32 Å². The molecule has 0 atom stereocenters. The maximum atomic E-state index is 11.5. The minimum absolute atomic E-state index is 0.0397. The quantitative estimate of drug-likeness (QED) is 0.800. The molecule has 4 heteroatoms. The number of carbonyl (C=O) groups excluding carboxylic acids is 1. The Morgan fingerprint density at radius 2 is 2.06 bits per heavy atom. The van der Waals surface area contributed by atoms with Gasteiger partial charge in [0.05, 0.1) is 13.0 Å². The molecule has 1 aromatic rings. The highest BCUT2D eigenvalue weighted by molar-refractivity contribution is 5.76. The van der Waals surface area contributed by atoms with E-state index in [0.29, 0.717) is 13.0 Å². The SMILES string of the molecule is NC1CC(NC(=O)CCOc2ccccc2)C1. The van der Waals surface area contributed by atoms with Gasteiger partial charge in [-0.1, -0.05) is 18.2 Å². The second-order valence-electron chi connectivity index (χ2n) is 4.41. The van der Waals surface area contributed by atoms with E-state index in [2.05, 4.69) is 5.32 Å². The summed E-state index contributed by atoms with van der Waals surface area (Å²) in [5.41, 5.74) is 5.64. The summed E-state index contributed by atoms with van der Waals surface area (Å²) in [5.74, 6) is 0.837. The van der Waals surface area contributed by atoms with E-state index in [-0.39, 0.29) is 18.0 Å². The molecular formula is C13H18N2O2. The van der Waals surface area contributed by atoms with Gasteiger partial charge in [-0.25, -0.2) is 0 Å². The lowest BCUT2D eigenvalue weighted by Crippen LogP contribution is -2.50. The number of nitrogens with one attached hydrogen (secondary N) is 1. The van der Waals surface area contributed by atoms with Crippen molar-refractivity contribution < 1.29 is 9.53 Å². The summed E-state index contributed by atoms with van der Waals surface area (Å²) >= 11 is 0. The number of rotatable bonds is 5. The van der Waals surface area contributed by atoms with Crippen molar-refractivity contribution in [3.8, 4) is 5.75 Å². The fourth-order valence-electron chi connectivity index (χ4n) is 1.86. The standard InChI is InChI=1S/C13H18N2O2/c14-10-8-11(9-10)15-13(16)6-7-17-12-4-2-1-3-5-12/h1-5,10-11H,6-9,14H2,(H,15,16). The van der Waals surface area contributed by atoms with Crippen molar-refractivity contribution in [2.45, 2.75) is 31.3 Å². The van der Waals surface area contributed by atoms with E-state index in [1.807, 2.05) is 30.3 Å². The molecule has 0 saturated heterocycles. The molecule has 92 valence electrons. The van der Waals surface area contributed by atoms with Crippen molar-refractivity contribution in [3.63, 3.8) is 0 Å². The summed E-state index contributed by atoms with van der Waals surface area (Å²) in [6, 6.07) is 10.0. The van der Waals surface area contributed by atoms with Crippen molar-refractivity contribution in [1.29, 1.82) is 0 Å². The highest BCUT2D eigenvalue weighted by Gasteiger charge is 2.26. The van der Waals surface area contributed by atoms with Crippen LogP contribution in [0.15, 0.2) is 30.3 Å². The molecule has 3 N–H and O–H groups in total. The van der Waals surface area contributed by atoms with Gasteiger partial charge < -0.3 is 15.8 Å². The second-order valence-corrected chi connectivity index (χ2v) is 4.41. The molecule has 0 aromatic heterocycles. The van der Waals surface area contributed by atoms with Gasteiger partial charge in [0.1, 0.15) is 5.75 Å². The first-order valence-corrected chi connectivity index (χ1v) is 5.97. The number of amides is 1. The van der Waals surface area contributed by atoms with E-state index in [1.54, 1.807) is 0 Å². The zero-order chi connectivity index (χ0) is 12.1. The number of benzene rings is 1. The summed E-state index contributed by atoms with van der Waals surface area (Å²) in [5, 5.41) is 2.93. The molecule has 1 aliphatic carbocycles. The lowest BCUT2D eigenvalue weighted by atomic mass is 9.87. The Morgan fingerprint density at radius 1 is 1.35 bits per heavy atom. The number of ether oxygens (including phenoxy) is 1. The Kier molecular flexibility index (Phi) is 3.98. The molecule has 0 spiro atoms. The van der Waals surface area contributed by atoms with E-state index >= 15 is 0 Å². The minimum atomic E-state index is 0.0397. The van der Waals surface area contributed by atoms with Gasteiger partial charge in [-0.05, 0) is 25.0 Å². The van der Waals surface area contributed by atoms with Crippen LogP contribution in [0.25, 0.3) is 0 Å². The third-order valence-electron chi connectivity index (χ3n) is 2.88. The molecule has 1 saturated carbocycles. The highest BCUT2D eigenvalue weighted by Crippen LogP contribution is 2.17. The van der Waals surface area contributed by atoms with Crippen LogP contribution in [0.2, 0.25) is 0 Å². The van der Waals surface area contributed by atoms with E-state index in [9.17, 15) is 4.79 Å². The molecule has 4 nitrogen and oxygen atoms in total. The largest absolute Gasteiger partial charge is 0.493 e. The Balaban J connectivity index is 1.60. The first kappa shape index (κ1) is 11.9. The maximum Gasteiger partial charge on any atom is 0.223 e. The summed E-state index contributed by atoms with van der Waals surface area (Å²) in [6.07, 6.45) is 2.18. The molecule has 17 heavy (non-hydrogen) atoms. The predicted octanol–water partition coefficient (Wildman–Crippen LogP) is 1.06. The fraction of sp³-hybridized carbons (Fsp3) is 0.462. The van der Waals surface area contributed by atoms with Gasteiger partial charge in [-0.3, -0.25) is 4.79 Å². The van der Waals surface area contributed by atoms with Crippen molar-refractivity contribution in [2.24, 2.45) is 5.73 Å². The molecule has 2 rings (SSSR count). The van der Waals surface area contributed by atoms with E-state index in [4.69, 9.17) is 10.5 Å². The number of nitrogens with two attached hydrogens (primary N) is 1. The fourth-order valence-corrected chi connectivity index (χ4v) is 1.86. The molecular weight excluding hydrogens is 216 g/mol. The summed E-state index contributed by atoms with van der Waals surface area (Å²) in [6.45, 7) is 0.411. The number of hydrogen-bond donors (Lipinski definition) is 2. The van der Waals surface area contributed by atoms with Gasteiger partial charge in [0.25, 0.3) is 0 Å². The topological polar surface area (TPSA) is 64.3 Å². The number of carbonyl (C=O) groups is 1. The average Bonchev–Trinajstić information content (AvgIpc) is 2.28. The monoisotopic (exact) mass is 234 g/mol. The summed E-state index contributed by atoms with van der Waals surface area (Å²) < 4.78 is 5.45. The van der Waals surface area contributed by atoms with Crippen LogP contribution in [0.5, 0.6) is 5.75 Å². The van der Waals surface area contributed by atoms with Gasteiger partial charge >= 0.3 is 0 Å². The smallest absolute Gasteiger partial charge is 0.223 e. The van der Waals surface area contributed by atoms with E-state index in [0.717, 1.165) is 18.6 Å². The Labute approximate surface area is 101 Å². The van der Waals surface area contributed by atoms with Crippen molar-refractivity contribution in [3.05, 3.63) is 30.3 Å². The Hall–Kier alpha value is -1.55. The molecule has 0 bridgehead atoms. The zero-order valence-electron chi connectivity index (χ0n) is 9.76. The number of para-hydroxylation sites is 1. The van der Waals surface area contributed by atoms with Crippen molar-refractivity contribution in [2.75, 3.05) is 6.61 Å². The molecule has 0 unspecified atom stereocenters. The summed E-state index contributed by atoms with van der Waals surface area (Å²) in [7, 11) is 0. The molecule has 1 aromatic carbocycles. The Bertz CT molecular complexity index is 361. The van der Waals surface area contributed by atoms with Crippen LogP contribution >= 0.6 is 0 Å². The lowest BCUT2D eigenvalue weighted by Gasteiger charge is -2.32. The normalized spacial score (nSPS) is 22.6. The van der Waals surface area contributed by atoms with Gasteiger partial charge in [0, 0.05) is 12.1 Å². The van der Waals surface area contributed by atoms with Crippen molar-refractivity contribution >= 4 is 5.91 Å². The molecule has 1 aliphatic rings. The summed E-state index contributed by atoms with van der Waals surface area (Å²) in [4.78, 5) is 11.5. The number of hydrogen-bond acceptors (Lipinski definition) is 3. The molecule has 0 aliphatic heterocycles. The second kappa shape index (κ2) is 5.68. The molecule has 0 heterocycles. The van der Waals surface area contributed by atoms with Crippen LogP contribution in [0.3, 0.4) is 0 Å². The zero-order valence-corrected chi connectivity index (χ0v) is 9.76. The van der Waals surface area contributed by atoms with E-state index < -0.39 is 0 Å². The van der Waals surface area contributed by atoms with Gasteiger partial charge in [-0.2, -0.15) is 0 Å². The van der Waals surface area contributed by atoms with Gasteiger partial charge in [-0.15, -0.1) is 0 Å². The van der Waals surface area contributed by atoms with Crippen LogP contribution < -0.4 is 15.8 Å². The minimum Gasteiger partial charge on any atom is -0.493 e. The third-order valence-corrected chi connectivity index (χ3v) is 2.88. The molecule has 1 amide bonds. The van der Waals surface area contributed by atoms with Gasteiger partial charge in [0.15, 0.2) is 0 Å². The van der Waals surface area contributed by atoms with Crippen LogP contribution in [-0.4, -0.2) is 24.6 Å². The third kappa shape index (κ3) is 3.75. The average molecular weight is 234 g/mol. The molecule has 0 radical (unpaired) electrons. The predicted molar refractivity (Wildman–Crippen MR) is 65.7 cm³/mol. The first-order chi connectivity index (χ1) is 8.24.